The maximum atomic E-state index is 15.3. The van der Waals surface area contributed by atoms with Gasteiger partial charge in [-0.3, -0.25) is 4.57 Å². The van der Waals surface area contributed by atoms with E-state index in [1.807, 2.05) is 13.1 Å². The van der Waals surface area contributed by atoms with Crippen LogP contribution in [0.1, 0.15) is 49.2 Å². The van der Waals surface area contributed by atoms with Crippen molar-refractivity contribution < 1.29 is 4.57 Å². The molecule has 4 heteroatoms. The van der Waals surface area contributed by atoms with Gasteiger partial charge in [0.15, 0.2) is 0 Å². The molecule has 0 bridgehead atoms. The lowest BCUT2D eigenvalue weighted by Gasteiger charge is -2.43. The molecule has 0 aromatic heterocycles. The fraction of sp³-hybridized carbons (Fsp3) is 0.308. The number of nitrogens with zero attached hydrogens (tertiary/aromatic N) is 2. The summed E-state index contributed by atoms with van der Waals surface area (Å²) in [7, 11) is -0.946. The van der Waals surface area contributed by atoms with Crippen molar-refractivity contribution in [2.75, 3.05) is 20.1 Å². The number of hydrogen-bond donors (Lipinski definition) is 0. The van der Waals surface area contributed by atoms with E-state index in [-0.39, 0.29) is 11.7 Å². The van der Waals surface area contributed by atoms with Gasteiger partial charge in [-0.15, -0.1) is 0 Å². The number of hydrogen-bond acceptors (Lipinski definition) is 1. The highest BCUT2D eigenvalue weighted by atomic mass is 31.2. The summed E-state index contributed by atoms with van der Waals surface area (Å²) in [6.07, 6.45) is 0. The Morgan fingerprint density at radius 2 is 1.27 bits per heavy atom. The van der Waals surface area contributed by atoms with Crippen LogP contribution in [0, 0.1) is 0 Å². The van der Waals surface area contributed by atoms with Crippen molar-refractivity contribution in [1.82, 2.24) is 9.34 Å². The molecule has 156 valence electrons. The molecule has 1 aliphatic carbocycles. The second-order valence-corrected chi connectivity index (χ2v) is 10.9. The molecule has 1 aliphatic rings. The van der Waals surface area contributed by atoms with Gasteiger partial charge in [0.2, 0.25) is 7.44 Å². The highest BCUT2D eigenvalue weighted by Crippen LogP contribution is 2.71. The fourth-order valence-corrected chi connectivity index (χ4v) is 8.57. The maximum Gasteiger partial charge on any atom is 0.228 e. The van der Waals surface area contributed by atoms with Crippen LogP contribution in [0.5, 0.6) is 0 Å². The highest BCUT2D eigenvalue weighted by molar-refractivity contribution is 7.59. The van der Waals surface area contributed by atoms with E-state index in [2.05, 4.69) is 103 Å². The Hall–Kier alpha value is -2.19. The summed E-state index contributed by atoms with van der Waals surface area (Å²) in [5, 5.41) is 0. The fourth-order valence-electron chi connectivity index (χ4n) is 4.86. The Morgan fingerprint density at radius 1 is 0.800 bits per heavy atom. The average Bonchev–Trinajstić information content (AvgIpc) is 3.14. The molecule has 0 fully saturated rings. The quantitative estimate of drug-likeness (QED) is 0.387. The minimum atomic E-state index is -2.99. The molecule has 3 aromatic rings. The average molecular weight is 419 g/mol. The molecule has 2 atom stereocenters. The predicted molar refractivity (Wildman–Crippen MR) is 127 cm³/mol. The van der Waals surface area contributed by atoms with E-state index in [0.717, 1.165) is 13.1 Å². The first-order valence-corrected chi connectivity index (χ1v) is 12.5. The zero-order chi connectivity index (χ0) is 21.3. The van der Waals surface area contributed by atoms with Gasteiger partial charge in [-0.1, -0.05) is 92.7 Å². The predicted octanol–water partition coefficient (Wildman–Crippen LogP) is 6.98. The molecule has 2 unspecified atom stereocenters. The second-order valence-electron chi connectivity index (χ2n) is 7.97. The minimum Gasteiger partial charge on any atom is -0.288 e. The van der Waals surface area contributed by atoms with Crippen LogP contribution >= 0.6 is 7.44 Å². The molecule has 0 saturated carbocycles. The molecule has 4 rings (SSSR count). The number of rotatable bonds is 7. The summed E-state index contributed by atoms with van der Waals surface area (Å²) in [6.45, 7) is 7.90. The molecule has 0 saturated heterocycles. The molecule has 0 radical (unpaired) electrons. The Balaban J connectivity index is 1.91. The van der Waals surface area contributed by atoms with E-state index in [1.54, 1.807) is 0 Å². The molecule has 0 heterocycles. The lowest BCUT2D eigenvalue weighted by Crippen LogP contribution is -2.34. The van der Waals surface area contributed by atoms with Crippen molar-refractivity contribution in [3.63, 3.8) is 0 Å². The molecular weight excluding hydrogens is 387 g/mol. The van der Waals surface area contributed by atoms with Gasteiger partial charge in [0.25, 0.3) is 0 Å². The minimum absolute atomic E-state index is 0.0394. The summed E-state index contributed by atoms with van der Waals surface area (Å²) in [5.74, 6) is 0. The summed E-state index contributed by atoms with van der Waals surface area (Å²) < 4.78 is 19.6. The molecule has 0 N–H and O–H groups in total. The van der Waals surface area contributed by atoms with E-state index in [0.29, 0.717) is 0 Å². The third-order valence-electron chi connectivity index (χ3n) is 6.57. The second kappa shape index (κ2) is 8.51. The van der Waals surface area contributed by atoms with Crippen LogP contribution in [-0.2, 0) is 4.57 Å². The first-order valence-electron chi connectivity index (χ1n) is 10.9. The van der Waals surface area contributed by atoms with Gasteiger partial charge in [0, 0.05) is 19.1 Å². The molecule has 30 heavy (non-hydrogen) atoms. The third kappa shape index (κ3) is 3.26. The van der Waals surface area contributed by atoms with Crippen LogP contribution in [-0.4, -0.2) is 29.5 Å². The summed E-state index contributed by atoms with van der Waals surface area (Å²) >= 11 is 0. The highest BCUT2D eigenvalue weighted by Gasteiger charge is 2.48. The zero-order valence-corrected chi connectivity index (χ0v) is 19.2. The SMILES string of the molecule is CCN(CC)P(=O)(C1c2ccccc2-c2ccccc21)N(C)C(C)c1ccccc1. The lowest BCUT2D eigenvalue weighted by atomic mass is 10.1. The maximum absolute atomic E-state index is 15.3. The molecule has 3 nitrogen and oxygen atoms in total. The molecular formula is C26H31N2OP. The van der Waals surface area contributed by atoms with Crippen molar-refractivity contribution in [3.8, 4) is 11.1 Å². The normalized spacial score (nSPS) is 16.3. The molecule has 0 aliphatic heterocycles. The molecule has 3 aromatic carbocycles. The number of fused-ring (bicyclic) bond motifs is 3. The summed E-state index contributed by atoms with van der Waals surface area (Å²) in [5.41, 5.74) is 5.83. The number of benzene rings is 3. The van der Waals surface area contributed by atoms with Crippen molar-refractivity contribution >= 4 is 7.44 Å². The zero-order valence-electron chi connectivity index (χ0n) is 18.3. The van der Waals surface area contributed by atoms with E-state index in [4.69, 9.17) is 0 Å². The van der Waals surface area contributed by atoms with Crippen molar-refractivity contribution in [2.24, 2.45) is 0 Å². The Labute approximate surface area is 180 Å². The standard InChI is InChI=1S/C26H31N2OP/c1-5-28(6-2)30(29,27(4)20(3)21-14-8-7-9-15-21)26-24-18-12-10-16-22(24)23-17-11-13-19-25(23)26/h7-20,26H,5-6H2,1-4H3. The van der Waals surface area contributed by atoms with Gasteiger partial charge in [0.1, 0.15) is 0 Å². The largest absolute Gasteiger partial charge is 0.288 e. The van der Waals surface area contributed by atoms with Crippen LogP contribution in [0.15, 0.2) is 78.9 Å². The van der Waals surface area contributed by atoms with Crippen LogP contribution in [0.25, 0.3) is 11.1 Å². The van der Waals surface area contributed by atoms with Crippen LogP contribution in [0.3, 0.4) is 0 Å². The van der Waals surface area contributed by atoms with Crippen molar-refractivity contribution in [1.29, 1.82) is 0 Å². The Bertz CT molecular complexity index is 1020. The Kier molecular flexibility index (Phi) is 5.97. The lowest BCUT2D eigenvalue weighted by molar-refractivity contribution is 0.329. The van der Waals surface area contributed by atoms with Gasteiger partial charge in [-0.05, 0) is 41.8 Å². The smallest absolute Gasteiger partial charge is 0.228 e. The van der Waals surface area contributed by atoms with Gasteiger partial charge in [-0.2, -0.15) is 0 Å². The van der Waals surface area contributed by atoms with Gasteiger partial charge < -0.3 is 0 Å². The first-order chi connectivity index (χ1) is 14.5. The first kappa shape index (κ1) is 21.1. The van der Waals surface area contributed by atoms with E-state index < -0.39 is 7.44 Å². The van der Waals surface area contributed by atoms with Crippen LogP contribution in [0.2, 0.25) is 0 Å². The topological polar surface area (TPSA) is 23.6 Å². The summed E-state index contributed by atoms with van der Waals surface area (Å²) in [4.78, 5) is 0. The van der Waals surface area contributed by atoms with E-state index in [1.165, 1.54) is 27.8 Å². The van der Waals surface area contributed by atoms with Crippen LogP contribution < -0.4 is 0 Å². The molecule has 0 spiro atoms. The van der Waals surface area contributed by atoms with E-state index >= 15 is 4.57 Å². The van der Waals surface area contributed by atoms with Gasteiger partial charge in [-0.25, -0.2) is 9.34 Å². The third-order valence-corrected chi connectivity index (χ3v) is 10.4. The Morgan fingerprint density at radius 3 is 1.77 bits per heavy atom. The van der Waals surface area contributed by atoms with Gasteiger partial charge >= 0.3 is 0 Å². The van der Waals surface area contributed by atoms with Gasteiger partial charge in [0.05, 0.1) is 5.66 Å². The van der Waals surface area contributed by atoms with E-state index in [9.17, 15) is 0 Å². The molecule has 0 amide bonds. The monoisotopic (exact) mass is 418 g/mol. The summed E-state index contributed by atoms with van der Waals surface area (Å²) in [6, 6.07) is 27.4. The van der Waals surface area contributed by atoms with Crippen molar-refractivity contribution in [3.05, 3.63) is 95.6 Å². The van der Waals surface area contributed by atoms with Crippen molar-refractivity contribution in [2.45, 2.75) is 32.5 Å². The van der Waals surface area contributed by atoms with Crippen LogP contribution in [0.4, 0.5) is 0 Å².